The first-order valence-electron chi connectivity index (χ1n) is 5.79. The minimum absolute atomic E-state index is 0.830. The SMILES string of the molecule is Brc1cccc2occ(CN3CCOCC3)c12. The largest absolute Gasteiger partial charge is 0.464 e. The fourth-order valence-corrected chi connectivity index (χ4v) is 2.83. The van der Waals surface area contributed by atoms with Gasteiger partial charge in [-0.15, -0.1) is 0 Å². The van der Waals surface area contributed by atoms with E-state index in [1.165, 1.54) is 10.9 Å². The summed E-state index contributed by atoms with van der Waals surface area (Å²) in [6.45, 7) is 4.58. The third-order valence-electron chi connectivity index (χ3n) is 3.12. The van der Waals surface area contributed by atoms with Crippen molar-refractivity contribution in [3.8, 4) is 0 Å². The summed E-state index contributed by atoms with van der Waals surface area (Å²) >= 11 is 3.59. The molecular weight excluding hydrogens is 282 g/mol. The Labute approximate surface area is 108 Å². The van der Waals surface area contributed by atoms with Gasteiger partial charge in [0, 0.05) is 35.1 Å². The Balaban J connectivity index is 1.89. The highest BCUT2D eigenvalue weighted by molar-refractivity contribution is 9.10. The second-order valence-electron chi connectivity index (χ2n) is 4.26. The lowest BCUT2D eigenvalue weighted by Crippen LogP contribution is -2.35. The van der Waals surface area contributed by atoms with Crippen molar-refractivity contribution in [3.63, 3.8) is 0 Å². The summed E-state index contributed by atoms with van der Waals surface area (Å²) in [7, 11) is 0. The fourth-order valence-electron chi connectivity index (χ4n) is 2.22. The molecule has 0 atom stereocenters. The number of furan rings is 1. The van der Waals surface area contributed by atoms with E-state index in [-0.39, 0.29) is 0 Å². The number of halogens is 1. The van der Waals surface area contributed by atoms with E-state index in [0.29, 0.717) is 0 Å². The summed E-state index contributed by atoms with van der Waals surface area (Å²) in [5.74, 6) is 0. The average molecular weight is 296 g/mol. The Kier molecular flexibility index (Phi) is 3.18. The van der Waals surface area contributed by atoms with Crippen molar-refractivity contribution < 1.29 is 9.15 Å². The molecule has 4 heteroatoms. The molecule has 3 rings (SSSR count). The summed E-state index contributed by atoms with van der Waals surface area (Å²) in [5, 5.41) is 1.19. The van der Waals surface area contributed by atoms with Gasteiger partial charge in [-0.05, 0) is 12.1 Å². The van der Waals surface area contributed by atoms with Crippen LogP contribution in [-0.2, 0) is 11.3 Å². The van der Waals surface area contributed by atoms with Gasteiger partial charge >= 0.3 is 0 Å². The van der Waals surface area contributed by atoms with Crippen LogP contribution in [0.5, 0.6) is 0 Å². The van der Waals surface area contributed by atoms with E-state index < -0.39 is 0 Å². The summed E-state index contributed by atoms with van der Waals surface area (Å²) < 4.78 is 12.0. The van der Waals surface area contributed by atoms with Gasteiger partial charge in [0.1, 0.15) is 5.58 Å². The average Bonchev–Trinajstić information content (AvgIpc) is 2.75. The van der Waals surface area contributed by atoms with Gasteiger partial charge in [-0.3, -0.25) is 4.90 Å². The molecule has 3 nitrogen and oxygen atoms in total. The normalized spacial score (nSPS) is 17.7. The van der Waals surface area contributed by atoms with Crippen LogP contribution in [0.15, 0.2) is 33.4 Å². The van der Waals surface area contributed by atoms with E-state index in [1.807, 2.05) is 18.4 Å². The number of nitrogens with zero attached hydrogens (tertiary/aromatic N) is 1. The lowest BCUT2D eigenvalue weighted by atomic mass is 10.1. The molecule has 17 heavy (non-hydrogen) atoms. The van der Waals surface area contributed by atoms with Gasteiger partial charge in [-0.1, -0.05) is 22.0 Å². The van der Waals surface area contributed by atoms with E-state index in [1.54, 1.807) is 0 Å². The van der Waals surface area contributed by atoms with Crippen LogP contribution in [0.25, 0.3) is 11.0 Å². The Bertz CT molecular complexity index is 517. The lowest BCUT2D eigenvalue weighted by Gasteiger charge is -2.26. The van der Waals surface area contributed by atoms with Crippen LogP contribution < -0.4 is 0 Å². The maximum Gasteiger partial charge on any atom is 0.135 e. The number of hydrogen-bond donors (Lipinski definition) is 0. The lowest BCUT2D eigenvalue weighted by molar-refractivity contribution is 0.0342. The van der Waals surface area contributed by atoms with Gasteiger partial charge in [-0.25, -0.2) is 0 Å². The van der Waals surface area contributed by atoms with Gasteiger partial charge in [-0.2, -0.15) is 0 Å². The second kappa shape index (κ2) is 4.80. The minimum Gasteiger partial charge on any atom is -0.464 e. The highest BCUT2D eigenvalue weighted by atomic mass is 79.9. The van der Waals surface area contributed by atoms with Crippen molar-refractivity contribution in [1.29, 1.82) is 0 Å². The predicted octanol–water partition coefficient (Wildman–Crippen LogP) is 3.03. The minimum atomic E-state index is 0.830. The Morgan fingerprint density at radius 2 is 2.06 bits per heavy atom. The van der Waals surface area contributed by atoms with Crippen molar-refractivity contribution in [2.45, 2.75) is 6.54 Å². The van der Waals surface area contributed by atoms with E-state index in [0.717, 1.165) is 42.9 Å². The Morgan fingerprint density at radius 1 is 1.24 bits per heavy atom. The van der Waals surface area contributed by atoms with E-state index in [4.69, 9.17) is 9.15 Å². The molecule has 0 aliphatic carbocycles. The summed E-state index contributed by atoms with van der Waals surface area (Å²) in [6.07, 6.45) is 1.87. The number of rotatable bonds is 2. The van der Waals surface area contributed by atoms with Crippen molar-refractivity contribution in [3.05, 3.63) is 34.5 Å². The van der Waals surface area contributed by atoms with Crippen LogP contribution in [0, 0.1) is 0 Å². The van der Waals surface area contributed by atoms with Gasteiger partial charge in [0.05, 0.1) is 19.5 Å². The predicted molar refractivity (Wildman–Crippen MR) is 70.0 cm³/mol. The molecular formula is C13H14BrNO2. The maximum atomic E-state index is 5.58. The number of fused-ring (bicyclic) bond motifs is 1. The summed E-state index contributed by atoms with van der Waals surface area (Å²) in [4.78, 5) is 2.40. The second-order valence-corrected chi connectivity index (χ2v) is 5.12. The molecule has 0 unspecified atom stereocenters. The van der Waals surface area contributed by atoms with Gasteiger partial charge in [0.15, 0.2) is 0 Å². The van der Waals surface area contributed by atoms with Crippen LogP contribution in [-0.4, -0.2) is 31.2 Å². The summed E-state index contributed by atoms with van der Waals surface area (Å²) in [6, 6.07) is 6.05. The van der Waals surface area contributed by atoms with Crippen LogP contribution in [0.1, 0.15) is 5.56 Å². The molecule has 1 aromatic heterocycles. The van der Waals surface area contributed by atoms with Crippen molar-refractivity contribution in [1.82, 2.24) is 4.90 Å². The van der Waals surface area contributed by atoms with Crippen molar-refractivity contribution >= 4 is 26.9 Å². The molecule has 2 heterocycles. The van der Waals surface area contributed by atoms with Crippen LogP contribution in [0.2, 0.25) is 0 Å². The number of hydrogen-bond acceptors (Lipinski definition) is 3. The number of ether oxygens (including phenoxy) is 1. The topological polar surface area (TPSA) is 25.6 Å². The monoisotopic (exact) mass is 295 g/mol. The quantitative estimate of drug-likeness (QED) is 0.852. The fraction of sp³-hybridized carbons (Fsp3) is 0.385. The standard InChI is InChI=1S/C13H14BrNO2/c14-11-2-1-3-12-13(11)10(9-17-12)8-15-4-6-16-7-5-15/h1-3,9H,4-8H2. The molecule has 0 saturated carbocycles. The van der Waals surface area contributed by atoms with E-state index in [9.17, 15) is 0 Å². The molecule has 0 spiro atoms. The highest BCUT2D eigenvalue weighted by Crippen LogP contribution is 2.29. The van der Waals surface area contributed by atoms with E-state index in [2.05, 4.69) is 26.9 Å². The van der Waals surface area contributed by atoms with Gasteiger partial charge in [0.25, 0.3) is 0 Å². The molecule has 1 aliphatic heterocycles. The summed E-state index contributed by atoms with van der Waals surface area (Å²) in [5.41, 5.74) is 2.19. The van der Waals surface area contributed by atoms with Crippen LogP contribution in [0.4, 0.5) is 0 Å². The first kappa shape index (κ1) is 11.3. The van der Waals surface area contributed by atoms with Crippen LogP contribution >= 0.6 is 15.9 Å². The molecule has 0 amide bonds. The molecule has 0 N–H and O–H groups in total. The highest BCUT2D eigenvalue weighted by Gasteiger charge is 2.15. The third kappa shape index (κ3) is 2.25. The van der Waals surface area contributed by atoms with Crippen molar-refractivity contribution in [2.75, 3.05) is 26.3 Å². The Morgan fingerprint density at radius 3 is 2.88 bits per heavy atom. The van der Waals surface area contributed by atoms with Crippen molar-refractivity contribution in [2.24, 2.45) is 0 Å². The Hall–Kier alpha value is -0.840. The zero-order chi connectivity index (χ0) is 11.7. The molecule has 1 aromatic carbocycles. The zero-order valence-electron chi connectivity index (χ0n) is 9.49. The molecule has 1 aliphatic rings. The van der Waals surface area contributed by atoms with E-state index >= 15 is 0 Å². The zero-order valence-corrected chi connectivity index (χ0v) is 11.1. The molecule has 1 saturated heterocycles. The molecule has 2 aromatic rings. The smallest absolute Gasteiger partial charge is 0.135 e. The molecule has 1 fully saturated rings. The number of morpholine rings is 1. The maximum absolute atomic E-state index is 5.58. The first-order chi connectivity index (χ1) is 8.34. The third-order valence-corrected chi connectivity index (χ3v) is 3.78. The van der Waals surface area contributed by atoms with Gasteiger partial charge in [0.2, 0.25) is 0 Å². The van der Waals surface area contributed by atoms with Crippen LogP contribution in [0.3, 0.4) is 0 Å². The molecule has 0 radical (unpaired) electrons. The molecule has 90 valence electrons. The first-order valence-corrected chi connectivity index (χ1v) is 6.58. The number of benzene rings is 1. The van der Waals surface area contributed by atoms with Gasteiger partial charge < -0.3 is 9.15 Å². The molecule has 0 bridgehead atoms.